The summed E-state index contributed by atoms with van der Waals surface area (Å²) in [5, 5.41) is 0. The van der Waals surface area contributed by atoms with E-state index < -0.39 is 4.32 Å². The Morgan fingerprint density at radius 3 is 2.11 bits per heavy atom. The zero-order chi connectivity index (χ0) is 19.4. The molecule has 5 heteroatoms. The van der Waals surface area contributed by atoms with E-state index in [-0.39, 0.29) is 10.6 Å². The Labute approximate surface area is 177 Å². The van der Waals surface area contributed by atoms with Crippen LogP contribution >= 0.6 is 31.9 Å². The van der Waals surface area contributed by atoms with Crippen molar-refractivity contribution in [2.45, 2.75) is 28.4 Å². The van der Waals surface area contributed by atoms with Crippen molar-refractivity contribution in [3.05, 3.63) is 65.2 Å². The van der Waals surface area contributed by atoms with Crippen molar-refractivity contribution in [2.24, 2.45) is 0 Å². The van der Waals surface area contributed by atoms with Crippen molar-refractivity contribution >= 4 is 43.7 Å². The molecule has 0 aliphatic heterocycles. The normalized spacial score (nSPS) is 22.5. The lowest BCUT2D eigenvalue weighted by Crippen LogP contribution is -2.40. The zero-order valence-electron chi connectivity index (χ0n) is 15.4. The summed E-state index contributed by atoms with van der Waals surface area (Å²) >= 11 is 7.56. The van der Waals surface area contributed by atoms with Crippen LogP contribution in [-0.4, -0.2) is 24.3 Å². The molecule has 0 spiro atoms. The lowest BCUT2D eigenvalue weighted by atomic mass is 9.79. The zero-order valence-corrected chi connectivity index (χ0v) is 18.5. The van der Waals surface area contributed by atoms with Crippen LogP contribution < -0.4 is 9.47 Å². The highest BCUT2D eigenvalue weighted by Gasteiger charge is 2.45. The number of Topliss-reactive ketones (excluding diaryl/α,β-unsaturated/α-hetero) is 1. The molecule has 2 atom stereocenters. The number of methoxy groups -OCH3 is 2. The molecule has 0 amide bonds. The van der Waals surface area contributed by atoms with Crippen molar-refractivity contribution in [1.82, 2.24) is 0 Å². The second kappa shape index (κ2) is 8.61. The monoisotopic (exact) mass is 492 g/mol. The quantitative estimate of drug-likeness (QED) is 0.372. The molecule has 3 nitrogen and oxygen atoms in total. The Bertz CT molecular complexity index is 828. The highest BCUT2D eigenvalue weighted by atomic mass is 79.9. The second-order valence-electron chi connectivity index (χ2n) is 6.62. The van der Waals surface area contributed by atoms with Crippen molar-refractivity contribution in [3.63, 3.8) is 0 Å². The molecule has 2 aromatic carbocycles. The van der Waals surface area contributed by atoms with Gasteiger partial charge in [0.05, 0.1) is 19.0 Å². The van der Waals surface area contributed by atoms with E-state index >= 15 is 0 Å². The first-order valence-electron chi connectivity index (χ1n) is 8.84. The van der Waals surface area contributed by atoms with E-state index in [1.54, 1.807) is 14.2 Å². The third kappa shape index (κ3) is 4.30. The first kappa shape index (κ1) is 20.2. The maximum absolute atomic E-state index is 13.3. The topological polar surface area (TPSA) is 35.5 Å². The van der Waals surface area contributed by atoms with E-state index in [2.05, 4.69) is 31.9 Å². The predicted molar refractivity (Wildman–Crippen MR) is 116 cm³/mol. The Hall–Kier alpha value is -1.59. The maximum atomic E-state index is 13.3. The largest absolute Gasteiger partial charge is 0.497 e. The lowest BCUT2D eigenvalue weighted by Gasteiger charge is -2.36. The van der Waals surface area contributed by atoms with Gasteiger partial charge < -0.3 is 9.47 Å². The highest BCUT2D eigenvalue weighted by molar-refractivity contribution is 9.12. The van der Waals surface area contributed by atoms with Gasteiger partial charge in [0.2, 0.25) is 0 Å². The van der Waals surface area contributed by atoms with Crippen LogP contribution in [0.2, 0.25) is 0 Å². The summed E-state index contributed by atoms with van der Waals surface area (Å²) < 4.78 is 9.77. The van der Waals surface area contributed by atoms with Gasteiger partial charge in [-0.3, -0.25) is 4.79 Å². The van der Waals surface area contributed by atoms with Gasteiger partial charge in [0.1, 0.15) is 15.8 Å². The molecule has 1 aliphatic carbocycles. The summed E-state index contributed by atoms with van der Waals surface area (Å²) in [6.45, 7) is 0. The number of ether oxygens (including phenoxy) is 2. The number of allylic oxidation sites excluding steroid dienone is 1. The van der Waals surface area contributed by atoms with Gasteiger partial charge in [-0.1, -0.05) is 56.1 Å². The molecule has 0 bridgehead atoms. The van der Waals surface area contributed by atoms with E-state index in [0.29, 0.717) is 0 Å². The molecule has 1 saturated carbocycles. The van der Waals surface area contributed by atoms with E-state index in [4.69, 9.17) is 9.47 Å². The average molecular weight is 494 g/mol. The molecule has 142 valence electrons. The molecule has 0 aromatic heterocycles. The van der Waals surface area contributed by atoms with Crippen LogP contribution in [0.4, 0.5) is 0 Å². The fraction of sp³-hybridized carbons (Fsp3) is 0.318. The number of carbonyl (C=O) groups is 1. The molecule has 0 radical (unpaired) electrons. The van der Waals surface area contributed by atoms with E-state index in [0.717, 1.165) is 47.5 Å². The van der Waals surface area contributed by atoms with E-state index in [1.807, 2.05) is 54.6 Å². The molecule has 0 heterocycles. The minimum Gasteiger partial charge on any atom is -0.497 e. The van der Waals surface area contributed by atoms with Gasteiger partial charge in [-0.25, -0.2) is 0 Å². The molecular formula is C22H22Br2O3. The van der Waals surface area contributed by atoms with Crippen LogP contribution in [-0.2, 0) is 4.79 Å². The molecule has 2 unspecified atom stereocenters. The van der Waals surface area contributed by atoms with Crippen LogP contribution in [0.15, 0.2) is 54.1 Å². The summed E-state index contributed by atoms with van der Waals surface area (Å²) in [6, 6.07) is 15.6. The third-order valence-electron chi connectivity index (χ3n) is 4.92. The highest BCUT2D eigenvalue weighted by Crippen LogP contribution is 2.49. The number of alkyl halides is 2. The van der Waals surface area contributed by atoms with Crippen LogP contribution in [0, 0.1) is 0 Å². The van der Waals surface area contributed by atoms with E-state index in [9.17, 15) is 4.79 Å². The van der Waals surface area contributed by atoms with Gasteiger partial charge in [0, 0.05) is 0 Å². The van der Waals surface area contributed by atoms with Gasteiger partial charge in [-0.2, -0.15) is 0 Å². The molecule has 0 N–H and O–H groups in total. The van der Waals surface area contributed by atoms with E-state index in [1.165, 1.54) is 0 Å². The fourth-order valence-electron chi connectivity index (χ4n) is 3.35. The minimum absolute atomic E-state index is 0.122. The SMILES string of the molecule is COc1ccc(/C=C2\CCCC(Br)(C(Br)c3ccc(OC)cc3)C2=O)cc1. The van der Waals surface area contributed by atoms with Gasteiger partial charge in [0.15, 0.2) is 5.78 Å². The first-order valence-corrected chi connectivity index (χ1v) is 10.5. The molecule has 1 fully saturated rings. The number of carbonyl (C=O) groups excluding carboxylic acids is 1. The van der Waals surface area contributed by atoms with Crippen LogP contribution in [0.3, 0.4) is 0 Å². The Morgan fingerprint density at radius 2 is 1.56 bits per heavy atom. The molecule has 3 rings (SSSR count). The van der Waals surface area contributed by atoms with Gasteiger partial charge >= 0.3 is 0 Å². The Kier molecular flexibility index (Phi) is 6.43. The van der Waals surface area contributed by atoms with Gasteiger partial charge in [0.25, 0.3) is 0 Å². The Morgan fingerprint density at radius 1 is 1.00 bits per heavy atom. The standard InChI is InChI=1S/C22H22Br2O3/c1-26-18-9-5-15(6-10-18)14-17-4-3-13-22(24,21(17)25)20(23)16-7-11-19(27-2)12-8-16/h5-12,14,20H,3-4,13H2,1-2H3/b17-14+. The lowest BCUT2D eigenvalue weighted by molar-refractivity contribution is -0.118. The number of hydrogen-bond acceptors (Lipinski definition) is 3. The number of benzene rings is 2. The first-order chi connectivity index (χ1) is 13.0. The third-order valence-corrected chi connectivity index (χ3v) is 8.06. The Balaban J connectivity index is 1.86. The van der Waals surface area contributed by atoms with Gasteiger partial charge in [-0.15, -0.1) is 0 Å². The van der Waals surface area contributed by atoms with Gasteiger partial charge in [-0.05, 0) is 66.3 Å². The van der Waals surface area contributed by atoms with Crippen molar-refractivity contribution in [1.29, 1.82) is 0 Å². The number of halogens is 2. The predicted octanol–water partition coefficient (Wildman–Crippen LogP) is 6.11. The number of hydrogen-bond donors (Lipinski definition) is 0. The summed E-state index contributed by atoms with van der Waals surface area (Å²) in [6.07, 6.45) is 4.52. The number of rotatable bonds is 5. The minimum atomic E-state index is -0.655. The van der Waals surface area contributed by atoms with Crippen LogP contribution in [0.5, 0.6) is 11.5 Å². The molecule has 0 saturated heterocycles. The van der Waals surface area contributed by atoms with Crippen molar-refractivity contribution in [3.8, 4) is 11.5 Å². The summed E-state index contributed by atoms with van der Waals surface area (Å²) in [5.74, 6) is 1.75. The summed E-state index contributed by atoms with van der Waals surface area (Å²) in [4.78, 5) is 13.2. The number of ketones is 1. The summed E-state index contributed by atoms with van der Waals surface area (Å²) in [7, 11) is 3.29. The average Bonchev–Trinajstić information content (AvgIpc) is 2.71. The smallest absolute Gasteiger partial charge is 0.177 e. The summed E-state index contributed by atoms with van der Waals surface area (Å²) in [5.41, 5.74) is 2.90. The molecule has 1 aliphatic rings. The fourth-order valence-corrected chi connectivity index (χ4v) is 4.89. The maximum Gasteiger partial charge on any atom is 0.177 e. The van der Waals surface area contributed by atoms with Crippen LogP contribution in [0.25, 0.3) is 6.08 Å². The molecule has 2 aromatic rings. The van der Waals surface area contributed by atoms with Crippen molar-refractivity contribution in [2.75, 3.05) is 14.2 Å². The van der Waals surface area contributed by atoms with Crippen molar-refractivity contribution < 1.29 is 14.3 Å². The van der Waals surface area contributed by atoms with Crippen LogP contribution in [0.1, 0.15) is 35.2 Å². The molecule has 27 heavy (non-hydrogen) atoms. The second-order valence-corrected chi connectivity index (χ2v) is 8.95. The molecular weight excluding hydrogens is 472 g/mol.